The maximum Gasteiger partial charge on any atom is 0.185 e. The number of thioether (sulfide) groups is 2. The van der Waals surface area contributed by atoms with Crippen LogP contribution in [-0.4, -0.2) is 22.9 Å². The predicted molar refractivity (Wildman–Crippen MR) is 66.3 cm³/mol. The van der Waals surface area contributed by atoms with E-state index in [9.17, 15) is 4.79 Å². The first-order chi connectivity index (χ1) is 7.22. The highest BCUT2D eigenvalue weighted by Crippen LogP contribution is 2.23. The van der Waals surface area contributed by atoms with E-state index in [-0.39, 0.29) is 10.4 Å². The molecule has 0 amide bonds. The van der Waals surface area contributed by atoms with Crippen LogP contribution in [0.2, 0.25) is 0 Å². The molecule has 0 aliphatic carbocycles. The van der Waals surface area contributed by atoms with Gasteiger partial charge in [0.15, 0.2) is 5.78 Å². The molecule has 1 rings (SSSR count). The van der Waals surface area contributed by atoms with E-state index in [1.54, 1.807) is 24.3 Å². The van der Waals surface area contributed by atoms with Gasteiger partial charge in [0.25, 0.3) is 0 Å². The number of hydrogen-bond acceptors (Lipinski definition) is 4. The zero-order valence-corrected chi connectivity index (χ0v) is 10.2. The molecule has 4 heteroatoms. The number of Topliss-reactive ketones (excluding diaryl/α,β-unsaturated/α-hetero) is 1. The zero-order chi connectivity index (χ0) is 11.3. The van der Waals surface area contributed by atoms with Crippen molar-refractivity contribution in [2.45, 2.75) is 4.58 Å². The molecule has 0 atom stereocenters. The molecule has 15 heavy (non-hydrogen) atoms. The van der Waals surface area contributed by atoms with Gasteiger partial charge in [-0.25, -0.2) is 0 Å². The lowest BCUT2D eigenvalue weighted by molar-refractivity contribution is 0.101. The Morgan fingerprint density at radius 1 is 1.27 bits per heavy atom. The quantitative estimate of drug-likeness (QED) is 0.596. The van der Waals surface area contributed by atoms with E-state index in [0.29, 0.717) is 11.1 Å². The summed E-state index contributed by atoms with van der Waals surface area (Å²) in [6, 6.07) is 8.79. The number of rotatable bonds is 4. The molecule has 0 saturated heterocycles. The van der Waals surface area contributed by atoms with Gasteiger partial charge in [-0.2, -0.15) is 5.26 Å². The average Bonchev–Trinajstić information content (AvgIpc) is 2.30. The Balaban J connectivity index is 2.88. The standard InChI is InChI=1S/C11H11NOS2/c1-14-11(15-2)10(13)9-5-3-8(7-12)4-6-9/h3-6,11H,1-2H3. The Morgan fingerprint density at radius 2 is 1.80 bits per heavy atom. The van der Waals surface area contributed by atoms with Gasteiger partial charge in [0.1, 0.15) is 4.58 Å². The Hall–Kier alpha value is -0.920. The maximum atomic E-state index is 11.9. The lowest BCUT2D eigenvalue weighted by Gasteiger charge is -2.09. The van der Waals surface area contributed by atoms with Gasteiger partial charge in [-0.15, -0.1) is 23.5 Å². The van der Waals surface area contributed by atoms with Crippen LogP contribution in [0.1, 0.15) is 15.9 Å². The molecule has 0 heterocycles. The second kappa shape index (κ2) is 5.84. The van der Waals surface area contributed by atoms with Crippen molar-refractivity contribution in [3.63, 3.8) is 0 Å². The van der Waals surface area contributed by atoms with Gasteiger partial charge in [-0.3, -0.25) is 4.79 Å². The lowest BCUT2D eigenvalue weighted by atomic mass is 10.1. The van der Waals surface area contributed by atoms with Crippen molar-refractivity contribution in [1.82, 2.24) is 0 Å². The minimum absolute atomic E-state index is 0.0575. The first-order valence-electron chi connectivity index (χ1n) is 4.33. The van der Waals surface area contributed by atoms with Crippen molar-refractivity contribution in [1.29, 1.82) is 5.26 Å². The summed E-state index contributed by atoms with van der Waals surface area (Å²) in [6.07, 6.45) is 3.84. The molecular weight excluding hydrogens is 226 g/mol. The van der Waals surface area contributed by atoms with Crippen molar-refractivity contribution in [3.8, 4) is 6.07 Å². The highest BCUT2D eigenvalue weighted by molar-refractivity contribution is 8.17. The number of nitrogens with zero attached hydrogens (tertiary/aromatic N) is 1. The normalized spacial score (nSPS) is 10.0. The van der Waals surface area contributed by atoms with Crippen molar-refractivity contribution in [2.75, 3.05) is 12.5 Å². The molecule has 1 aromatic carbocycles. The number of benzene rings is 1. The fraction of sp³-hybridized carbons (Fsp3) is 0.273. The topological polar surface area (TPSA) is 40.9 Å². The molecular formula is C11H11NOS2. The van der Waals surface area contributed by atoms with Gasteiger partial charge in [0.2, 0.25) is 0 Å². The second-order valence-electron chi connectivity index (χ2n) is 2.86. The van der Waals surface area contributed by atoms with Crippen LogP contribution in [0.5, 0.6) is 0 Å². The summed E-state index contributed by atoms with van der Waals surface area (Å²) in [5, 5.41) is 8.63. The third-order valence-electron chi connectivity index (χ3n) is 1.94. The van der Waals surface area contributed by atoms with Crippen LogP contribution in [0.4, 0.5) is 0 Å². The smallest absolute Gasteiger partial charge is 0.185 e. The number of carbonyl (C=O) groups is 1. The van der Waals surface area contributed by atoms with Gasteiger partial charge in [0, 0.05) is 5.56 Å². The van der Waals surface area contributed by atoms with Crippen molar-refractivity contribution < 1.29 is 4.79 Å². The van der Waals surface area contributed by atoms with Crippen LogP contribution in [-0.2, 0) is 0 Å². The average molecular weight is 237 g/mol. The molecule has 0 saturated carbocycles. The summed E-state index contributed by atoms with van der Waals surface area (Å²) in [5.41, 5.74) is 1.25. The SMILES string of the molecule is CSC(SC)C(=O)c1ccc(C#N)cc1. The fourth-order valence-corrected chi connectivity index (χ4v) is 2.63. The summed E-state index contributed by atoms with van der Waals surface area (Å²) in [7, 11) is 0. The van der Waals surface area contributed by atoms with Gasteiger partial charge < -0.3 is 0 Å². The third kappa shape index (κ3) is 3.01. The van der Waals surface area contributed by atoms with E-state index in [0.717, 1.165) is 0 Å². The van der Waals surface area contributed by atoms with E-state index in [4.69, 9.17) is 5.26 Å². The Kier molecular flexibility index (Phi) is 4.73. The van der Waals surface area contributed by atoms with Crippen LogP contribution in [0, 0.1) is 11.3 Å². The number of nitriles is 1. The van der Waals surface area contributed by atoms with Gasteiger partial charge >= 0.3 is 0 Å². The number of carbonyl (C=O) groups excluding carboxylic acids is 1. The fourth-order valence-electron chi connectivity index (χ4n) is 1.16. The summed E-state index contributed by atoms with van der Waals surface area (Å²) < 4.78 is -0.0575. The van der Waals surface area contributed by atoms with E-state index in [1.165, 1.54) is 23.5 Å². The van der Waals surface area contributed by atoms with Crippen LogP contribution < -0.4 is 0 Å². The molecule has 0 aliphatic heterocycles. The highest BCUT2D eigenvalue weighted by atomic mass is 32.2. The molecule has 0 aliphatic rings. The lowest BCUT2D eigenvalue weighted by Crippen LogP contribution is -2.12. The summed E-state index contributed by atoms with van der Waals surface area (Å²) in [4.78, 5) is 11.9. The molecule has 0 radical (unpaired) electrons. The molecule has 2 nitrogen and oxygen atoms in total. The molecule has 0 N–H and O–H groups in total. The Labute approximate surface area is 98.1 Å². The van der Waals surface area contributed by atoms with E-state index in [2.05, 4.69) is 0 Å². The van der Waals surface area contributed by atoms with E-state index in [1.807, 2.05) is 18.6 Å². The number of hydrogen-bond donors (Lipinski definition) is 0. The van der Waals surface area contributed by atoms with E-state index < -0.39 is 0 Å². The zero-order valence-electron chi connectivity index (χ0n) is 8.56. The molecule has 1 aromatic rings. The third-order valence-corrected chi connectivity index (χ3v) is 4.38. The van der Waals surface area contributed by atoms with Crippen molar-refractivity contribution in [3.05, 3.63) is 35.4 Å². The highest BCUT2D eigenvalue weighted by Gasteiger charge is 2.17. The van der Waals surface area contributed by atoms with Gasteiger partial charge in [0.05, 0.1) is 11.6 Å². The molecule has 0 unspecified atom stereocenters. The van der Waals surface area contributed by atoms with Gasteiger partial charge in [-0.05, 0) is 24.6 Å². The first kappa shape index (κ1) is 12.2. The van der Waals surface area contributed by atoms with E-state index >= 15 is 0 Å². The minimum atomic E-state index is -0.0575. The molecule has 0 aromatic heterocycles. The minimum Gasteiger partial charge on any atom is -0.292 e. The molecule has 0 spiro atoms. The summed E-state index contributed by atoms with van der Waals surface area (Å²) in [5.74, 6) is 0.111. The summed E-state index contributed by atoms with van der Waals surface area (Å²) >= 11 is 3.06. The van der Waals surface area contributed by atoms with Crippen LogP contribution in [0.15, 0.2) is 24.3 Å². The van der Waals surface area contributed by atoms with Crippen LogP contribution in [0.3, 0.4) is 0 Å². The van der Waals surface area contributed by atoms with Crippen molar-refractivity contribution >= 4 is 29.3 Å². The van der Waals surface area contributed by atoms with Crippen molar-refractivity contribution in [2.24, 2.45) is 0 Å². The largest absolute Gasteiger partial charge is 0.292 e. The predicted octanol–water partition coefficient (Wildman–Crippen LogP) is 2.79. The van der Waals surface area contributed by atoms with Crippen LogP contribution >= 0.6 is 23.5 Å². The second-order valence-corrected chi connectivity index (χ2v) is 5.04. The van der Waals surface area contributed by atoms with Crippen LogP contribution in [0.25, 0.3) is 0 Å². The Bertz CT molecular complexity index is 377. The molecule has 0 fully saturated rings. The van der Waals surface area contributed by atoms with Gasteiger partial charge in [-0.1, -0.05) is 12.1 Å². The first-order valence-corrected chi connectivity index (χ1v) is 6.90. The Morgan fingerprint density at radius 3 is 2.20 bits per heavy atom. The maximum absolute atomic E-state index is 11.9. The summed E-state index contributed by atoms with van der Waals surface area (Å²) in [6.45, 7) is 0. The monoisotopic (exact) mass is 237 g/mol. The number of ketones is 1. The molecule has 0 bridgehead atoms. The molecule has 78 valence electrons.